The van der Waals surface area contributed by atoms with Crippen LogP contribution >= 0.6 is 12.4 Å². The van der Waals surface area contributed by atoms with E-state index in [-0.39, 0.29) is 18.5 Å². The van der Waals surface area contributed by atoms with Crippen molar-refractivity contribution < 1.29 is 24.2 Å². The number of carbonyl (C=O) groups is 2. The van der Waals surface area contributed by atoms with Crippen LogP contribution < -0.4 is 4.74 Å². The molecule has 1 aliphatic heterocycles. The molecule has 1 saturated heterocycles. The van der Waals surface area contributed by atoms with Crippen molar-refractivity contribution in [1.29, 1.82) is 0 Å². The van der Waals surface area contributed by atoms with E-state index in [0.717, 1.165) is 0 Å². The molecule has 8 heteroatoms. The van der Waals surface area contributed by atoms with E-state index in [4.69, 9.17) is 9.47 Å². The number of piperazine rings is 1. The fourth-order valence-electron chi connectivity index (χ4n) is 2.78. The van der Waals surface area contributed by atoms with E-state index in [1.54, 1.807) is 36.3 Å². The van der Waals surface area contributed by atoms with Gasteiger partial charge >= 0.3 is 12.1 Å². The summed E-state index contributed by atoms with van der Waals surface area (Å²) in [5.74, 6) is -0.224. The number of methoxy groups -OCH3 is 1. The summed E-state index contributed by atoms with van der Waals surface area (Å²) < 4.78 is 10.5. The summed E-state index contributed by atoms with van der Waals surface area (Å²) in [6, 6.07) is 6.28. The Morgan fingerprint density at radius 1 is 1.08 bits per heavy atom. The van der Waals surface area contributed by atoms with E-state index in [1.165, 1.54) is 0 Å². The summed E-state index contributed by atoms with van der Waals surface area (Å²) in [7, 11) is 1.57. The molecule has 1 fully saturated rings. The number of hydrogen-bond acceptors (Lipinski definition) is 5. The van der Waals surface area contributed by atoms with Crippen molar-refractivity contribution in [3.63, 3.8) is 0 Å². The fourth-order valence-corrected chi connectivity index (χ4v) is 2.78. The van der Waals surface area contributed by atoms with E-state index >= 15 is 0 Å². The molecule has 1 amide bonds. The van der Waals surface area contributed by atoms with Gasteiger partial charge in [0.2, 0.25) is 0 Å². The minimum atomic E-state index is -0.907. The predicted molar refractivity (Wildman–Crippen MR) is 100.0 cm³/mol. The van der Waals surface area contributed by atoms with Crippen LogP contribution in [0.3, 0.4) is 0 Å². The number of rotatable bonds is 4. The molecule has 1 atom stereocenters. The molecule has 146 valence electrons. The van der Waals surface area contributed by atoms with Gasteiger partial charge in [-0.2, -0.15) is 0 Å². The maximum absolute atomic E-state index is 12.1. The van der Waals surface area contributed by atoms with Crippen LogP contribution in [0.25, 0.3) is 0 Å². The van der Waals surface area contributed by atoms with Crippen molar-refractivity contribution >= 4 is 24.5 Å². The Kier molecular flexibility index (Phi) is 7.71. The lowest BCUT2D eigenvalue weighted by Gasteiger charge is -2.38. The zero-order chi connectivity index (χ0) is 18.6. The van der Waals surface area contributed by atoms with E-state index in [0.29, 0.717) is 37.5 Å². The number of nitrogens with zero attached hydrogens (tertiary/aromatic N) is 2. The Morgan fingerprint density at radius 3 is 2.04 bits per heavy atom. The maximum Gasteiger partial charge on any atom is 0.410 e. The highest BCUT2D eigenvalue weighted by atomic mass is 35.5. The van der Waals surface area contributed by atoms with Gasteiger partial charge in [0.05, 0.1) is 7.11 Å². The van der Waals surface area contributed by atoms with Crippen LogP contribution in [-0.4, -0.2) is 65.9 Å². The van der Waals surface area contributed by atoms with Crippen molar-refractivity contribution in [3.8, 4) is 5.75 Å². The van der Waals surface area contributed by atoms with Crippen LogP contribution in [0.1, 0.15) is 32.4 Å². The van der Waals surface area contributed by atoms with Crippen LogP contribution in [-0.2, 0) is 9.53 Å². The monoisotopic (exact) mass is 386 g/mol. The molecule has 1 aromatic carbocycles. The lowest BCUT2D eigenvalue weighted by Crippen LogP contribution is -2.51. The largest absolute Gasteiger partial charge is 0.497 e. The molecule has 26 heavy (non-hydrogen) atoms. The molecule has 2 rings (SSSR count). The smallest absolute Gasteiger partial charge is 0.410 e. The van der Waals surface area contributed by atoms with Crippen LogP contribution in [0.2, 0.25) is 0 Å². The molecule has 1 heterocycles. The summed E-state index contributed by atoms with van der Waals surface area (Å²) in [5.41, 5.74) is 0.153. The molecule has 1 unspecified atom stereocenters. The minimum Gasteiger partial charge on any atom is -0.497 e. The molecule has 7 nitrogen and oxygen atoms in total. The second kappa shape index (κ2) is 9.09. The van der Waals surface area contributed by atoms with E-state index in [2.05, 4.69) is 0 Å². The highest BCUT2D eigenvalue weighted by Gasteiger charge is 2.32. The molecule has 1 aromatic rings. The van der Waals surface area contributed by atoms with Crippen LogP contribution in [0.5, 0.6) is 5.75 Å². The first-order chi connectivity index (χ1) is 11.7. The Balaban J connectivity index is 0.00000338. The quantitative estimate of drug-likeness (QED) is 0.857. The standard InChI is InChI=1S/C18H26N2O5.ClH/c1-18(2,3)25-17(23)20-11-9-19(10-12-20)15(16(21)22)13-5-7-14(24-4)8-6-13;/h5-8,15H,9-12H2,1-4H3,(H,21,22);1H. The normalized spacial score (nSPS) is 16.4. The molecule has 1 N–H and O–H groups in total. The van der Waals surface area contributed by atoms with Gasteiger partial charge in [0, 0.05) is 26.2 Å². The highest BCUT2D eigenvalue weighted by molar-refractivity contribution is 5.85. The number of halogens is 1. The number of benzene rings is 1. The summed E-state index contributed by atoms with van der Waals surface area (Å²) in [4.78, 5) is 27.4. The second-order valence-electron chi connectivity index (χ2n) is 7.02. The molecule has 0 saturated carbocycles. The van der Waals surface area contributed by atoms with Crippen LogP contribution in [0.4, 0.5) is 4.79 Å². The number of carboxylic acid groups (broad SMARTS) is 1. The lowest BCUT2D eigenvalue weighted by atomic mass is 10.0. The Bertz CT molecular complexity index is 607. The van der Waals surface area contributed by atoms with Gasteiger partial charge in [-0.05, 0) is 38.5 Å². The predicted octanol–water partition coefficient (Wildman–Crippen LogP) is 2.80. The zero-order valence-corrected chi connectivity index (χ0v) is 16.4. The van der Waals surface area contributed by atoms with Crippen molar-refractivity contribution in [2.75, 3.05) is 33.3 Å². The first kappa shape index (κ1) is 22.1. The van der Waals surface area contributed by atoms with E-state index < -0.39 is 17.6 Å². The van der Waals surface area contributed by atoms with Gasteiger partial charge in [-0.15, -0.1) is 12.4 Å². The van der Waals surface area contributed by atoms with Crippen molar-refractivity contribution in [3.05, 3.63) is 29.8 Å². The number of carbonyl (C=O) groups excluding carboxylic acids is 1. The van der Waals surface area contributed by atoms with Gasteiger partial charge in [0.15, 0.2) is 0 Å². The maximum atomic E-state index is 12.1. The first-order valence-corrected chi connectivity index (χ1v) is 8.30. The molecule has 1 aliphatic rings. The Morgan fingerprint density at radius 2 is 1.62 bits per heavy atom. The van der Waals surface area contributed by atoms with E-state index in [1.807, 2.05) is 25.7 Å². The number of aliphatic carboxylic acids is 1. The average molecular weight is 387 g/mol. The first-order valence-electron chi connectivity index (χ1n) is 8.30. The molecular weight excluding hydrogens is 360 g/mol. The van der Waals surface area contributed by atoms with Gasteiger partial charge in [0.1, 0.15) is 17.4 Å². The van der Waals surface area contributed by atoms with Gasteiger partial charge in [0.25, 0.3) is 0 Å². The fraction of sp³-hybridized carbons (Fsp3) is 0.556. The molecular formula is C18H27ClN2O5. The topological polar surface area (TPSA) is 79.3 Å². The van der Waals surface area contributed by atoms with Gasteiger partial charge in [-0.25, -0.2) is 4.79 Å². The average Bonchev–Trinajstić information content (AvgIpc) is 2.54. The van der Waals surface area contributed by atoms with Gasteiger partial charge in [-0.3, -0.25) is 9.69 Å². The molecule has 0 aromatic heterocycles. The van der Waals surface area contributed by atoms with Crippen molar-refractivity contribution in [2.24, 2.45) is 0 Å². The third kappa shape index (κ3) is 5.78. The summed E-state index contributed by atoms with van der Waals surface area (Å²) in [5, 5.41) is 9.66. The molecule has 0 spiro atoms. The summed E-state index contributed by atoms with van der Waals surface area (Å²) in [6.07, 6.45) is -0.358. The Hall–Kier alpha value is -1.99. The molecule has 0 aliphatic carbocycles. The third-order valence-electron chi connectivity index (χ3n) is 4.00. The minimum absolute atomic E-state index is 0. The van der Waals surface area contributed by atoms with Gasteiger partial charge in [-0.1, -0.05) is 12.1 Å². The summed E-state index contributed by atoms with van der Waals surface area (Å²) in [6.45, 7) is 7.30. The highest BCUT2D eigenvalue weighted by Crippen LogP contribution is 2.25. The number of hydrogen-bond donors (Lipinski definition) is 1. The van der Waals surface area contributed by atoms with Gasteiger partial charge < -0.3 is 19.5 Å². The zero-order valence-electron chi connectivity index (χ0n) is 15.6. The number of amides is 1. The molecule has 0 radical (unpaired) electrons. The summed E-state index contributed by atoms with van der Waals surface area (Å²) >= 11 is 0. The second-order valence-corrected chi connectivity index (χ2v) is 7.02. The number of carboxylic acids is 1. The SMILES string of the molecule is COc1ccc(C(C(=O)O)N2CCN(C(=O)OC(C)(C)C)CC2)cc1.Cl. The van der Waals surface area contributed by atoms with E-state index in [9.17, 15) is 14.7 Å². The molecule has 0 bridgehead atoms. The Labute approximate surface area is 160 Å². The lowest BCUT2D eigenvalue weighted by molar-refractivity contribution is -0.144. The van der Waals surface area contributed by atoms with Crippen LogP contribution in [0, 0.1) is 0 Å². The van der Waals surface area contributed by atoms with Crippen molar-refractivity contribution in [1.82, 2.24) is 9.80 Å². The third-order valence-corrected chi connectivity index (χ3v) is 4.00. The number of ether oxygens (including phenoxy) is 2. The van der Waals surface area contributed by atoms with Crippen molar-refractivity contribution in [2.45, 2.75) is 32.4 Å². The van der Waals surface area contributed by atoms with Crippen LogP contribution in [0.15, 0.2) is 24.3 Å².